The van der Waals surface area contributed by atoms with Crippen LogP contribution >= 0.6 is 11.6 Å². The zero-order valence-corrected chi connectivity index (χ0v) is 14.6. The summed E-state index contributed by atoms with van der Waals surface area (Å²) in [4.78, 5) is 35.3. The molecule has 0 aliphatic carbocycles. The molecule has 9 nitrogen and oxygen atoms in total. The van der Waals surface area contributed by atoms with Gasteiger partial charge in [-0.25, -0.2) is 0 Å². The number of carbonyl (C=O) groups is 2. The van der Waals surface area contributed by atoms with Crippen molar-refractivity contribution < 1.29 is 23.7 Å². The maximum atomic E-state index is 12.0. The minimum atomic E-state index is -0.655. The Bertz CT molecular complexity index is 793. The van der Waals surface area contributed by atoms with Gasteiger partial charge in [0, 0.05) is 18.1 Å². The molecule has 10 heteroatoms. The van der Waals surface area contributed by atoms with E-state index in [0.717, 1.165) is 11.0 Å². The summed E-state index contributed by atoms with van der Waals surface area (Å²) in [6, 6.07) is 7.27. The Morgan fingerprint density at radius 1 is 1.38 bits per heavy atom. The van der Waals surface area contributed by atoms with E-state index in [-0.39, 0.29) is 35.5 Å². The summed E-state index contributed by atoms with van der Waals surface area (Å²) >= 11 is 5.71. The van der Waals surface area contributed by atoms with E-state index < -0.39 is 17.4 Å². The first-order valence-corrected chi connectivity index (χ1v) is 7.84. The Morgan fingerprint density at radius 2 is 2.15 bits per heavy atom. The van der Waals surface area contributed by atoms with Crippen LogP contribution in [0.4, 0.5) is 5.69 Å². The van der Waals surface area contributed by atoms with Crippen LogP contribution in [0.25, 0.3) is 0 Å². The van der Waals surface area contributed by atoms with E-state index in [1.165, 1.54) is 25.4 Å². The number of hydrogen-bond donors (Lipinski definition) is 1. The molecule has 0 spiro atoms. The first-order chi connectivity index (χ1) is 12.4. The molecule has 0 bridgehead atoms. The van der Waals surface area contributed by atoms with Gasteiger partial charge in [-0.1, -0.05) is 11.6 Å². The van der Waals surface area contributed by atoms with Gasteiger partial charge in [-0.2, -0.15) is 0 Å². The molecule has 0 atom stereocenters. The maximum absolute atomic E-state index is 12.0. The number of furan rings is 1. The van der Waals surface area contributed by atoms with E-state index in [9.17, 15) is 19.7 Å². The SMILES string of the molecule is CN(CC(=O)NCc1ccco1)C(=O)COc1ccc(Cl)cc1[N+](=O)[O-]. The molecule has 0 aliphatic heterocycles. The normalized spacial score (nSPS) is 10.2. The van der Waals surface area contributed by atoms with Crippen LogP contribution in [0, 0.1) is 10.1 Å². The Labute approximate surface area is 153 Å². The van der Waals surface area contributed by atoms with Gasteiger partial charge in [0.2, 0.25) is 5.91 Å². The van der Waals surface area contributed by atoms with Crippen molar-refractivity contribution in [3.05, 3.63) is 57.5 Å². The number of likely N-dealkylation sites (N-methyl/N-ethyl adjacent to an activating group) is 1. The number of nitro benzene ring substituents is 1. The number of nitrogens with zero attached hydrogens (tertiary/aromatic N) is 2. The van der Waals surface area contributed by atoms with Gasteiger partial charge in [0.1, 0.15) is 5.76 Å². The van der Waals surface area contributed by atoms with Crippen LogP contribution in [-0.2, 0) is 16.1 Å². The van der Waals surface area contributed by atoms with Gasteiger partial charge < -0.3 is 19.4 Å². The number of halogens is 1. The Morgan fingerprint density at radius 3 is 2.81 bits per heavy atom. The molecule has 1 aromatic heterocycles. The quantitative estimate of drug-likeness (QED) is 0.552. The number of hydrogen-bond acceptors (Lipinski definition) is 6. The number of amides is 2. The summed E-state index contributed by atoms with van der Waals surface area (Å²) in [7, 11) is 1.43. The van der Waals surface area contributed by atoms with E-state index in [0.29, 0.717) is 5.76 Å². The van der Waals surface area contributed by atoms with Crippen LogP contribution < -0.4 is 10.1 Å². The van der Waals surface area contributed by atoms with Gasteiger partial charge in [-0.15, -0.1) is 0 Å². The van der Waals surface area contributed by atoms with Crippen LogP contribution in [0.15, 0.2) is 41.0 Å². The van der Waals surface area contributed by atoms with Crippen LogP contribution in [-0.4, -0.2) is 41.8 Å². The Hall–Kier alpha value is -3.07. The minimum absolute atomic E-state index is 0.0802. The second-order valence-corrected chi connectivity index (χ2v) is 5.70. The van der Waals surface area contributed by atoms with Gasteiger partial charge in [0.15, 0.2) is 12.4 Å². The zero-order valence-electron chi connectivity index (χ0n) is 13.8. The van der Waals surface area contributed by atoms with Crippen molar-refractivity contribution in [2.45, 2.75) is 6.54 Å². The molecule has 0 saturated heterocycles. The van der Waals surface area contributed by atoms with E-state index in [1.54, 1.807) is 12.1 Å². The van der Waals surface area contributed by atoms with Crippen molar-refractivity contribution in [2.24, 2.45) is 0 Å². The van der Waals surface area contributed by atoms with Crippen molar-refractivity contribution in [2.75, 3.05) is 20.2 Å². The molecule has 26 heavy (non-hydrogen) atoms. The molecule has 1 aromatic carbocycles. The molecule has 2 rings (SSSR count). The lowest BCUT2D eigenvalue weighted by Crippen LogP contribution is -2.40. The fourth-order valence-corrected chi connectivity index (χ4v) is 2.13. The summed E-state index contributed by atoms with van der Waals surface area (Å²) in [5.74, 6) is -0.383. The molecule has 0 saturated carbocycles. The molecular formula is C16H16ClN3O6. The van der Waals surface area contributed by atoms with Crippen molar-refractivity contribution >= 4 is 29.1 Å². The molecule has 0 fully saturated rings. The second kappa shape index (κ2) is 8.86. The van der Waals surface area contributed by atoms with Gasteiger partial charge in [0.25, 0.3) is 5.91 Å². The number of benzene rings is 1. The second-order valence-electron chi connectivity index (χ2n) is 5.26. The van der Waals surface area contributed by atoms with Gasteiger partial charge in [-0.3, -0.25) is 19.7 Å². The fraction of sp³-hybridized carbons (Fsp3) is 0.250. The highest BCUT2D eigenvalue weighted by Crippen LogP contribution is 2.29. The summed E-state index contributed by atoms with van der Waals surface area (Å²) in [5.41, 5.74) is -0.343. The van der Waals surface area contributed by atoms with E-state index >= 15 is 0 Å². The minimum Gasteiger partial charge on any atom is -0.477 e. The van der Waals surface area contributed by atoms with Crippen LogP contribution in [0.3, 0.4) is 0 Å². The molecule has 1 heterocycles. The summed E-state index contributed by atoms with van der Waals surface area (Å²) in [6.07, 6.45) is 1.49. The van der Waals surface area contributed by atoms with Gasteiger partial charge in [0.05, 0.1) is 24.3 Å². The third-order valence-corrected chi connectivity index (χ3v) is 3.55. The molecule has 2 aromatic rings. The standard InChI is InChI=1S/C16H16ClN3O6/c1-19(9-15(21)18-8-12-3-2-6-25-12)16(22)10-26-14-5-4-11(17)7-13(14)20(23)24/h2-7H,8-10H2,1H3,(H,18,21). The lowest BCUT2D eigenvalue weighted by atomic mass is 10.3. The first-order valence-electron chi connectivity index (χ1n) is 7.46. The summed E-state index contributed by atoms with van der Waals surface area (Å²) in [6.45, 7) is -0.433. The number of rotatable bonds is 8. The molecule has 1 N–H and O–H groups in total. The fourth-order valence-electron chi connectivity index (χ4n) is 1.96. The molecular weight excluding hydrogens is 366 g/mol. The van der Waals surface area contributed by atoms with Crippen molar-refractivity contribution in [3.63, 3.8) is 0 Å². The number of ether oxygens (including phenoxy) is 1. The largest absolute Gasteiger partial charge is 0.477 e. The highest BCUT2D eigenvalue weighted by atomic mass is 35.5. The van der Waals surface area contributed by atoms with Crippen LogP contribution in [0.2, 0.25) is 5.02 Å². The summed E-state index contributed by atoms with van der Waals surface area (Å²) in [5, 5.41) is 13.8. The zero-order chi connectivity index (χ0) is 19.1. The van der Waals surface area contributed by atoms with Gasteiger partial charge >= 0.3 is 5.69 Å². The molecule has 2 amide bonds. The number of nitro groups is 1. The Kier molecular flexibility index (Phi) is 6.56. The van der Waals surface area contributed by atoms with Crippen LogP contribution in [0.1, 0.15) is 5.76 Å². The smallest absolute Gasteiger partial charge is 0.312 e. The predicted molar refractivity (Wildman–Crippen MR) is 91.8 cm³/mol. The maximum Gasteiger partial charge on any atom is 0.312 e. The summed E-state index contributed by atoms with van der Waals surface area (Å²) < 4.78 is 10.3. The Balaban J connectivity index is 1.83. The van der Waals surface area contributed by atoms with Crippen LogP contribution in [0.5, 0.6) is 5.75 Å². The predicted octanol–water partition coefficient (Wildman–Crippen LogP) is 1.99. The van der Waals surface area contributed by atoms with Gasteiger partial charge in [-0.05, 0) is 24.3 Å². The highest BCUT2D eigenvalue weighted by Gasteiger charge is 2.19. The average Bonchev–Trinajstić information content (AvgIpc) is 3.11. The first kappa shape index (κ1) is 19.3. The highest BCUT2D eigenvalue weighted by molar-refractivity contribution is 6.30. The molecule has 138 valence electrons. The van der Waals surface area contributed by atoms with E-state index in [4.69, 9.17) is 20.8 Å². The molecule has 0 radical (unpaired) electrons. The number of carbonyl (C=O) groups excluding carboxylic acids is 2. The third kappa shape index (κ3) is 5.49. The van der Waals surface area contributed by atoms with E-state index in [2.05, 4.69) is 5.32 Å². The topological polar surface area (TPSA) is 115 Å². The van der Waals surface area contributed by atoms with E-state index in [1.807, 2.05) is 0 Å². The average molecular weight is 382 g/mol. The molecule has 0 aliphatic rings. The number of nitrogens with one attached hydrogen (secondary N) is 1. The van der Waals surface area contributed by atoms with Crippen molar-refractivity contribution in [1.82, 2.24) is 10.2 Å². The third-order valence-electron chi connectivity index (χ3n) is 3.32. The lowest BCUT2D eigenvalue weighted by molar-refractivity contribution is -0.385. The van der Waals surface area contributed by atoms with Crippen molar-refractivity contribution in [3.8, 4) is 5.75 Å². The lowest BCUT2D eigenvalue weighted by Gasteiger charge is -2.17. The molecule has 0 unspecified atom stereocenters. The van der Waals surface area contributed by atoms with Crippen molar-refractivity contribution in [1.29, 1.82) is 0 Å². The monoisotopic (exact) mass is 381 g/mol.